The van der Waals surface area contributed by atoms with Gasteiger partial charge in [-0.15, -0.1) is 0 Å². The molecule has 1 aromatic rings. The van der Waals surface area contributed by atoms with Crippen molar-refractivity contribution >= 4 is 23.4 Å². The maximum atomic E-state index is 5.97. The highest BCUT2D eigenvalue weighted by Crippen LogP contribution is 2.30. The third-order valence-corrected chi connectivity index (χ3v) is 3.94. The van der Waals surface area contributed by atoms with Crippen LogP contribution in [0.3, 0.4) is 0 Å². The first kappa shape index (κ1) is 13.1. The Kier molecular flexibility index (Phi) is 4.60. The lowest BCUT2D eigenvalue weighted by Gasteiger charge is -2.16. The average Bonchev–Trinajstić information content (AvgIpc) is 2.68. The van der Waals surface area contributed by atoms with Crippen LogP contribution in [0.25, 0.3) is 0 Å². The molecule has 4 heteroatoms. The second kappa shape index (κ2) is 5.98. The molecule has 2 atom stereocenters. The summed E-state index contributed by atoms with van der Waals surface area (Å²) in [5.74, 6) is 2.12. The molecule has 1 aromatic carbocycles. The molecule has 1 heterocycles. The van der Waals surface area contributed by atoms with Gasteiger partial charge in [0, 0.05) is 29.8 Å². The smallest absolute Gasteiger partial charge is 0.123 e. The normalized spacial score (nSPS) is 19.8. The predicted octanol–water partition coefficient (Wildman–Crippen LogP) is 2.98. The average molecular weight is 272 g/mol. The van der Waals surface area contributed by atoms with Crippen LogP contribution >= 0.6 is 23.4 Å². The molecular weight excluding hydrogens is 254 g/mol. The lowest BCUT2D eigenvalue weighted by atomic mass is 10.1. The van der Waals surface area contributed by atoms with Gasteiger partial charge < -0.3 is 10.1 Å². The Morgan fingerprint density at radius 3 is 3.18 bits per heavy atom. The molecule has 0 bridgehead atoms. The van der Waals surface area contributed by atoms with Gasteiger partial charge in [-0.1, -0.05) is 11.6 Å². The van der Waals surface area contributed by atoms with E-state index in [-0.39, 0.29) is 6.10 Å². The molecule has 94 valence electrons. The Morgan fingerprint density at radius 1 is 1.59 bits per heavy atom. The third kappa shape index (κ3) is 3.54. The van der Waals surface area contributed by atoms with E-state index in [1.807, 2.05) is 30.0 Å². The van der Waals surface area contributed by atoms with Crippen LogP contribution in [-0.4, -0.2) is 30.7 Å². The summed E-state index contributed by atoms with van der Waals surface area (Å²) in [5, 5.41) is 4.28. The van der Waals surface area contributed by atoms with Crippen LogP contribution in [0, 0.1) is 0 Å². The summed E-state index contributed by atoms with van der Waals surface area (Å²) >= 11 is 7.83. The molecule has 1 N–H and O–H groups in total. The second-order valence-electron chi connectivity index (χ2n) is 4.46. The number of ether oxygens (including phenoxy) is 1. The van der Waals surface area contributed by atoms with Crippen molar-refractivity contribution in [2.45, 2.75) is 25.5 Å². The monoisotopic (exact) mass is 271 g/mol. The fourth-order valence-electron chi connectivity index (χ4n) is 2.04. The van der Waals surface area contributed by atoms with Gasteiger partial charge in [-0.2, -0.15) is 11.8 Å². The van der Waals surface area contributed by atoms with Gasteiger partial charge in [0.25, 0.3) is 0 Å². The van der Waals surface area contributed by atoms with E-state index in [1.54, 1.807) is 0 Å². The number of benzene rings is 1. The molecule has 0 radical (unpaired) electrons. The quantitative estimate of drug-likeness (QED) is 0.890. The lowest BCUT2D eigenvalue weighted by molar-refractivity contribution is 0.224. The number of rotatable bonds is 5. The largest absolute Gasteiger partial charge is 0.488 e. The molecule has 2 unspecified atom stereocenters. The zero-order valence-corrected chi connectivity index (χ0v) is 11.8. The van der Waals surface area contributed by atoms with Crippen LogP contribution in [0.2, 0.25) is 5.02 Å². The Morgan fingerprint density at radius 2 is 2.41 bits per heavy atom. The minimum absolute atomic E-state index is 0.243. The SMILES string of the molecule is CSCC(C)NCC1Cc2cc(Cl)ccc2O1. The molecular formula is C13H18ClNOS. The molecule has 1 aliphatic heterocycles. The maximum absolute atomic E-state index is 5.97. The third-order valence-electron chi connectivity index (χ3n) is 2.87. The second-order valence-corrected chi connectivity index (χ2v) is 5.81. The number of nitrogens with one attached hydrogen (secondary N) is 1. The molecule has 0 fully saturated rings. The summed E-state index contributed by atoms with van der Waals surface area (Å²) in [5.41, 5.74) is 1.22. The molecule has 17 heavy (non-hydrogen) atoms. The van der Waals surface area contributed by atoms with E-state index >= 15 is 0 Å². The lowest BCUT2D eigenvalue weighted by Crippen LogP contribution is -2.37. The minimum Gasteiger partial charge on any atom is -0.488 e. The van der Waals surface area contributed by atoms with Crippen molar-refractivity contribution in [3.63, 3.8) is 0 Å². The van der Waals surface area contributed by atoms with Gasteiger partial charge in [-0.25, -0.2) is 0 Å². The molecule has 0 aliphatic carbocycles. The highest BCUT2D eigenvalue weighted by Gasteiger charge is 2.22. The van der Waals surface area contributed by atoms with E-state index in [0.29, 0.717) is 6.04 Å². The Hall–Kier alpha value is -0.380. The van der Waals surface area contributed by atoms with E-state index in [4.69, 9.17) is 16.3 Å². The fraction of sp³-hybridized carbons (Fsp3) is 0.538. The molecule has 2 rings (SSSR count). The van der Waals surface area contributed by atoms with Crippen molar-refractivity contribution in [3.05, 3.63) is 28.8 Å². The summed E-state index contributed by atoms with van der Waals surface area (Å²) in [6.45, 7) is 3.10. The van der Waals surface area contributed by atoms with Crippen molar-refractivity contribution < 1.29 is 4.74 Å². The zero-order valence-electron chi connectivity index (χ0n) is 10.2. The molecule has 0 saturated heterocycles. The van der Waals surface area contributed by atoms with Gasteiger partial charge in [0.1, 0.15) is 11.9 Å². The van der Waals surface area contributed by atoms with Crippen molar-refractivity contribution in [1.82, 2.24) is 5.32 Å². The number of thioether (sulfide) groups is 1. The van der Waals surface area contributed by atoms with Gasteiger partial charge in [0.15, 0.2) is 0 Å². The van der Waals surface area contributed by atoms with Gasteiger partial charge in [0.05, 0.1) is 0 Å². The fourth-order valence-corrected chi connectivity index (χ4v) is 2.86. The number of halogens is 1. The molecule has 0 aromatic heterocycles. The summed E-state index contributed by atoms with van der Waals surface area (Å²) < 4.78 is 5.86. The van der Waals surface area contributed by atoms with E-state index in [9.17, 15) is 0 Å². The van der Waals surface area contributed by atoms with Gasteiger partial charge in [-0.3, -0.25) is 0 Å². The van der Waals surface area contributed by atoms with E-state index in [2.05, 4.69) is 18.5 Å². The summed E-state index contributed by atoms with van der Waals surface area (Å²) in [4.78, 5) is 0. The Labute approximate surface area is 112 Å². The van der Waals surface area contributed by atoms with Crippen LogP contribution < -0.4 is 10.1 Å². The molecule has 1 aliphatic rings. The van der Waals surface area contributed by atoms with Crippen molar-refractivity contribution in [3.8, 4) is 5.75 Å². The molecule has 0 saturated carbocycles. The van der Waals surface area contributed by atoms with Gasteiger partial charge in [-0.05, 0) is 36.9 Å². The minimum atomic E-state index is 0.243. The van der Waals surface area contributed by atoms with E-state index < -0.39 is 0 Å². The maximum Gasteiger partial charge on any atom is 0.123 e. The predicted molar refractivity (Wildman–Crippen MR) is 75.4 cm³/mol. The van der Waals surface area contributed by atoms with Crippen molar-refractivity contribution in [1.29, 1.82) is 0 Å². The number of hydrogen-bond acceptors (Lipinski definition) is 3. The van der Waals surface area contributed by atoms with Gasteiger partial charge >= 0.3 is 0 Å². The van der Waals surface area contributed by atoms with Crippen LogP contribution in [0.15, 0.2) is 18.2 Å². The highest BCUT2D eigenvalue weighted by atomic mass is 35.5. The van der Waals surface area contributed by atoms with Crippen molar-refractivity contribution in [2.75, 3.05) is 18.6 Å². The van der Waals surface area contributed by atoms with Crippen LogP contribution in [0.1, 0.15) is 12.5 Å². The Balaban J connectivity index is 1.84. The first-order valence-corrected chi connectivity index (χ1v) is 7.63. The molecule has 0 spiro atoms. The summed E-state index contributed by atoms with van der Waals surface area (Å²) in [7, 11) is 0. The topological polar surface area (TPSA) is 21.3 Å². The standard InChI is InChI=1S/C13H18ClNOS/c1-9(8-17-2)15-7-12-6-10-5-11(14)3-4-13(10)16-12/h3-5,9,12,15H,6-8H2,1-2H3. The molecule has 2 nitrogen and oxygen atoms in total. The first-order chi connectivity index (χ1) is 8.19. The molecule has 0 amide bonds. The van der Waals surface area contributed by atoms with E-state index in [0.717, 1.165) is 29.5 Å². The van der Waals surface area contributed by atoms with Gasteiger partial charge in [0.2, 0.25) is 0 Å². The summed E-state index contributed by atoms with van der Waals surface area (Å²) in [6.07, 6.45) is 3.32. The first-order valence-electron chi connectivity index (χ1n) is 5.86. The zero-order chi connectivity index (χ0) is 12.3. The van der Waals surface area contributed by atoms with Crippen LogP contribution in [-0.2, 0) is 6.42 Å². The summed E-state index contributed by atoms with van der Waals surface area (Å²) in [6, 6.07) is 6.37. The Bertz CT molecular complexity index is 386. The number of hydrogen-bond donors (Lipinski definition) is 1. The number of fused-ring (bicyclic) bond motifs is 1. The van der Waals surface area contributed by atoms with E-state index in [1.165, 1.54) is 5.56 Å². The van der Waals surface area contributed by atoms with Crippen molar-refractivity contribution in [2.24, 2.45) is 0 Å². The van der Waals surface area contributed by atoms with Crippen LogP contribution in [0.5, 0.6) is 5.75 Å². The van der Waals surface area contributed by atoms with Crippen LogP contribution in [0.4, 0.5) is 0 Å². The highest BCUT2D eigenvalue weighted by molar-refractivity contribution is 7.98.